The molecule has 1 heteroatoms. The summed E-state index contributed by atoms with van der Waals surface area (Å²) in [7, 11) is 0. The van der Waals surface area contributed by atoms with Gasteiger partial charge in [0.05, 0.1) is 0 Å². The molecule has 0 nitrogen and oxygen atoms in total. The molecule has 0 aliphatic carbocycles. The van der Waals surface area contributed by atoms with E-state index < -0.39 is 0 Å². The van der Waals surface area contributed by atoms with Gasteiger partial charge in [0, 0.05) is 0 Å². The van der Waals surface area contributed by atoms with E-state index in [0.717, 1.165) is 6.71 Å². The van der Waals surface area contributed by atoms with Gasteiger partial charge in [-0.2, -0.15) is 0 Å². The maximum atomic E-state index is 2.27. The minimum Gasteiger partial charge on any atom is -0.0767 e. The monoisotopic (exact) mass is 160 g/mol. The molecule has 0 aliphatic heterocycles. The van der Waals surface area contributed by atoms with E-state index in [2.05, 4.69) is 44.2 Å². The zero-order chi connectivity index (χ0) is 8.81. The summed E-state index contributed by atoms with van der Waals surface area (Å²) in [6, 6.07) is 10.8. The van der Waals surface area contributed by atoms with E-state index in [9.17, 15) is 0 Å². The van der Waals surface area contributed by atoms with Crippen LogP contribution in [0.4, 0.5) is 0 Å². The van der Waals surface area contributed by atoms with E-state index in [1.165, 1.54) is 24.5 Å². The van der Waals surface area contributed by atoms with Crippen LogP contribution in [0.3, 0.4) is 0 Å². The highest BCUT2D eigenvalue weighted by Crippen LogP contribution is 2.07. The Morgan fingerprint density at radius 3 is 2.08 bits per heavy atom. The molecule has 0 radical (unpaired) electrons. The molecule has 1 aromatic rings. The molecule has 0 saturated carbocycles. The summed E-state index contributed by atoms with van der Waals surface area (Å²) in [4.78, 5) is 0. The summed E-state index contributed by atoms with van der Waals surface area (Å²) in [5.41, 5.74) is 1.48. The fourth-order valence-electron chi connectivity index (χ4n) is 1.52. The summed E-state index contributed by atoms with van der Waals surface area (Å²) in [5.74, 6) is 0. The van der Waals surface area contributed by atoms with Crippen molar-refractivity contribution in [1.29, 1.82) is 0 Å². The van der Waals surface area contributed by atoms with Gasteiger partial charge in [-0.3, -0.25) is 0 Å². The van der Waals surface area contributed by atoms with Gasteiger partial charge in [-0.15, -0.1) is 0 Å². The van der Waals surface area contributed by atoms with Crippen LogP contribution in [-0.4, -0.2) is 6.71 Å². The minimum absolute atomic E-state index is 0.868. The van der Waals surface area contributed by atoms with Crippen molar-refractivity contribution in [2.24, 2.45) is 0 Å². The summed E-state index contributed by atoms with van der Waals surface area (Å²) >= 11 is 0. The van der Waals surface area contributed by atoms with Gasteiger partial charge in [0.2, 0.25) is 0 Å². The molecule has 0 bridgehead atoms. The first kappa shape index (κ1) is 9.37. The molecule has 0 aliphatic rings. The maximum absolute atomic E-state index is 2.27. The van der Waals surface area contributed by atoms with Gasteiger partial charge in [0.25, 0.3) is 0 Å². The molecular formula is C11H17B. The lowest BCUT2D eigenvalue weighted by Gasteiger charge is -2.07. The average molecular weight is 160 g/mol. The Bertz CT molecular complexity index is 202. The van der Waals surface area contributed by atoms with Gasteiger partial charge in [-0.1, -0.05) is 62.4 Å². The fourth-order valence-corrected chi connectivity index (χ4v) is 1.52. The quantitative estimate of drug-likeness (QED) is 0.592. The molecule has 12 heavy (non-hydrogen) atoms. The van der Waals surface area contributed by atoms with Crippen LogP contribution >= 0.6 is 0 Å². The van der Waals surface area contributed by atoms with Crippen LogP contribution in [0.1, 0.15) is 19.4 Å². The van der Waals surface area contributed by atoms with Crippen LogP contribution in [-0.2, 0) is 6.32 Å². The molecule has 1 rings (SSSR count). The van der Waals surface area contributed by atoms with Crippen molar-refractivity contribution in [2.45, 2.75) is 32.8 Å². The molecular weight excluding hydrogens is 143 g/mol. The van der Waals surface area contributed by atoms with Gasteiger partial charge in [0.1, 0.15) is 6.71 Å². The van der Waals surface area contributed by atoms with E-state index in [1.54, 1.807) is 0 Å². The normalized spacial score (nSPS) is 9.83. The van der Waals surface area contributed by atoms with Gasteiger partial charge in [0.15, 0.2) is 0 Å². The van der Waals surface area contributed by atoms with Gasteiger partial charge >= 0.3 is 0 Å². The molecule has 1 aromatic carbocycles. The Labute approximate surface area is 76.1 Å². The first-order valence-electron chi connectivity index (χ1n) is 4.90. The van der Waals surface area contributed by atoms with Gasteiger partial charge < -0.3 is 0 Å². The molecule has 0 heterocycles. The van der Waals surface area contributed by atoms with Crippen LogP contribution in [0.2, 0.25) is 12.6 Å². The highest BCUT2D eigenvalue weighted by Gasteiger charge is 2.07. The SMILES string of the molecule is CCB(CC)Cc1ccccc1. The number of rotatable bonds is 4. The van der Waals surface area contributed by atoms with Crippen LogP contribution in [0, 0.1) is 0 Å². The second kappa shape index (κ2) is 5.02. The van der Waals surface area contributed by atoms with Crippen molar-refractivity contribution < 1.29 is 0 Å². The zero-order valence-corrected chi connectivity index (χ0v) is 8.09. The molecule has 0 fully saturated rings. The van der Waals surface area contributed by atoms with Crippen molar-refractivity contribution in [1.82, 2.24) is 0 Å². The van der Waals surface area contributed by atoms with Crippen molar-refractivity contribution in [3.05, 3.63) is 35.9 Å². The molecule has 0 N–H and O–H groups in total. The minimum atomic E-state index is 0.868. The highest BCUT2D eigenvalue weighted by molar-refractivity contribution is 6.58. The second-order valence-electron chi connectivity index (χ2n) is 3.37. The molecule has 0 unspecified atom stereocenters. The number of benzene rings is 1. The lowest BCUT2D eigenvalue weighted by molar-refractivity contribution is 1.22. The number of hydrogen-bond donors (Lipinski definition) is 0. The van der Waals surface area contributed by atoms with E-state index in [4.69, 9.17) is 0 Å². The molecule has 64 valence electrons. The topological polar surface area (TPSA) is 0 Å². The van der Waals surface area contributed by atoms with Gasteiger partial charge in [-0.25, -0.2) is 0 Å². The van der Waals surface area contributed by atoms with Crippen LogP contribution in [0.25, 0.3) is 0 Å². The summed E-state index contributed by atoms with van der Waals surface area (Å²) < 4.78 is 0. The Balaban J connectivity index is 2.51. The summed E-state index contributed by atoms with van der Waals surface area (Å²) in [6.45, 7) is 5.42. The molecule has 0 aromatic heterocycles. The molecule has 0 amide bonds. The Hall–Kier alpha value is -0.715. The Kier molecular flexibility index (Phi) is 3.92. The van der Waals surface area contributed by atoms with Crippen molar-refractivity contribution in [3.63, 3.8) is 0 Å². The highest BCUT2D eigenvalue weighted by atomic mass is 13.9. The lowest BCUT2D eigenvalue weighted by Crippen LogP contribution is -2.13. The molecule has 0 atom stereocenters. The predicted octanol–water partition coefficient (Wildman–Crippen LogP) is 3.30. The van der Waals surface area contributed by atoms with E-state index >= 15 is 0 Å². The standard InChI is InChI=1S/C11H17B/c1-3-12(4-2)10-11-8-6-5-7-9-11/h5-9H,3-4,10H2,1-2H3. The summed E-state index contributed by atoms with van der Waals surface area (Å²) in [6.07, 6.45) is 3.84. The van der Waals surface area contributed by atoms with E-state index in [1.807, 2.05) is 0 Å². The summed E-state index contributed by atoms with van der Waals surface area (Å²) in [5, 5.41) is 0. The van der Waals surface area contributed by atoms with Gasteiger partial charge in [-0.05, 0) is 6.32 Å². The molecule has 0 spiro atoms. The fraction of sp³-hybridized carbons (Fsp3) is 0.455. The third-order valence-electron chi connectivity index (χ3n) is 2.52. The van der Waals surface area contributed by atoms with Crippen LogP contribution < -0.4 is 0 Å². The Morgan fingerprint density at radius 2 is 1.58 bits per heavy atom. The van der Waals surface area contributed by atoms with Crippen molar-refractivity contribution in [3.8, 4) is 0 Å². The average Bonchev–Trinajstić information content (AvgIpc) is 2.16. The lowest BCUT2D eigenvalue weighted by atomic mass is 9.42. The second-order valence-corrected chi connectivity index (χ2v) is 3.37. The van der Waals surface area contributed by atoms with Crippen molar-refractivity contribution >= 4 is 6.71 Å². The van der Waals surface area contributed by atoms with Crippen molar-refractivity contribution in [2.75, 3.05) is 0 Å². The largest absolute Gasteiger partial charge is 0.144 e. The molecule has 0 saturated heterocycles. The van der Waals surface area contributed by atoms with E-state index in [0.29, 0.717) is 0 Å². The van der Waals surface area contributed by atoms with Crippen LogP contribution in [0.15, 0.2) is 30.3 Å². The number of hydrogen-bond acceptors (Lipinski definition) is 0. The third-order valence-corrected chi connectivity index (χ3v) is 2.52. The smallest absolute Gasteiger partial charge is 0.0767 e. The predicted molar refractivity (Wildman–Crippen MR) is 56.9 cm³/mol. The van der Waals surface area contributed by atoms with E-state index in [-0.39, 0.29) is 0 Å². The zero-order valence-electron chi connectivity index (χ0n) is 8.09. The first-order chi connectivity index (χ1) is 5.86. The maximum Gasteiger partial charge on any atom is 0.144 e. The Morgan fingerprint density at radius 1 is 1.00 bits per heavy atom. The van der Waals surface area contributed by atoms with Crippen LogP contribution in [0.5, 0.6) is 0 Å². The first-order valence-corrected chi connectivity index (χ1v) is 4.90. The third kappa shape index (κ3) is 2.73.